The summed E-state index contributed by atoms with van der Waals surface area (Å²) in [6.07, 6.45) is 7.00. The van der Waals surface area contributed by atoms with Crippen LogP contribution in [0, 0.1) is 23.7 Å². The number of hydrogen-bond acceptors (Lipinski definition) is 3. The molecule has 3 heteroatoms. The van der Waals surface area contributed by atoms with E-state index in [1.807, 2.05) is 24.3 Å². The summed E-state index contributed by atoms with van der Waals surface area (Å²) in [6, 6.07) is 28.6. The molecule has 37 heavy (non-hydrogen) atoms. The van der Waals surface area contributed by atoms with Crippen molar-refractivity contribution >= 4 is 43.5 Å². The van der Waals surface area contributed by atoms with Crippen molar-refractivity contribution in [1.29, 1.82) is 0 Å². The lowest BCUT2D eigenvalue weighted by Crippen LogP contribution is -1.83. The van der Waals surface area contributed by atoms with E-state index in [2.05, 4.69) is 94.3 Å². The number of fused-ring (bicyclic) bond motifs is 7. The largest absolute Gasteiger partial charge is 0.453 e. The van der Waals surface area contributed by atoms with Gasteiger partial charge >= 0.3 is 0 Å². The summed E-state index contributed by atoms with van der Waals surface area (Å²) in [5, 5.41) is 6.64. The Labute approximate surface area is 213 Å². The van der Waals surface area contributed by atoms with E-state index in [9.17, 15) is 0 Å². The van der Waals surface area contributed by atoms with E-state index in [1.165, 1.54) is 0 Å². The highest BCUT2D eigenvalue weighted by Crippen LogP contribution is 2.41. The fraction of sp³-hybridized carbons (Fsp3) is 0. The Kier molecular flexibility index (Phi) is 4.92. The smallest absolute Gasteiger partial charge is 0.151 e. The third-order valence-electron chi connectivity index (χ3n) is 6.50. The van der Waals surface area contributed by atoms with E-state index in [0.717, 1.165) is 65.7 Å². The average molecular weight is 471 g/mol. The minimum absolute atomic E-state index is 0.776. The maximum atomic E-state index is 6.68. The van der Waals surface area contributed by atoms with Crippen LogP contribution in [-0.4, -0.2) is 9.97 Å². The second kappa shape index (κ2) is 8.68. The van der Waals surface area contributed by atoms with Gasteiger partial charge in [0.05, 0.1) is 11.1 Å². The summed E-state index contributed by atoms with van der Waals surface area (Å²) < 4.78 is 6.68. The van der Waals surface area contributed by atoms with Crippen molar-refractivity contribution in [2.24, 2.45) is 0 Å². The van der Waals surface area contributed by atoms with Crippen LogP contribution in [0.3, 0.4) is 0 Å². The van der Waals surface area contributed by atoms with Crippen LogP contribution in [0.15, 0.2) is 114 Å². The molecule has 0 fully saturated rings. The molecular formula is C34H18N2O. The van der Waals surface area contributed by atoms with Gasteiger partial charge in [-0.2, -0.15) is 0 Å². The van der Waals surface area contributed by atoms with Crippen LogP contribution in [0.1, 0.15) is 22.3 Å². The van der Waals surface area contributed by atoms with Crippen molar-refractivity contribution in [1.82, 2.24) is 9.97 Å². The molecule has 0 aliphatic rings. The van der Waals surface area contributed by atoms with Crippen LogP contribution < -0.4 is 0 Å². The molecule has 0 saturated heterocycles. The van der Waals surface area contributed by atoms with E-state index < -0.39 is 0 Å². The predicted octanol–water partition coefficient (Wildman–Crippen LogP) is 7.48. The molecule has 7 aromatic rings. The van der Waals surface area contributed by atoms with E-state index >= 15 is 0 Å². The zero-order valence-electron chi connectivity index (χ0n) is 19.7. The third-order valence-corrected chi connectivity index (χ3v) is 6.50. The Balaban J connectivity index is 1.60. The molecule has 170 valence electrons. The lowest BCUT2D eigenvalue weighted by atomic mass is 9.96. The van der Waals surface area contributed by atoms with Gasteiger partial charge in [0.1, 0.15) is 0 Å². The Morgan fingerprint density at radius 2 is 0.919 bits per heavy atom. The molecule has 0 amide bonds. The number of aromatic nitrogens is 2. The van der Waals surface area contributed by atoms with Crippen LogP contribution >= 0.6 is 0 Å². The highest BCUT2D eigenvalue weighted by atomic mass is 16.3. The zero-order chi connectivity index (χ0) is 24.6. The molecule has 0 unspecified atom stereocenters. The van der Waals surface area contributed by atoms with Gasteiger partial charge in [-0.25, -0.2) is 0 Å². The fourth-order valence-corrected chi connectivity index (χ4v) is 4.80. The van der Waals surface area contributed by atoms with Crippen LogP contribution in [0.25, 0.3) is 43.5 Å². The van der Waals surface area contributed by atoms with Gasteiger partial charge in [-0.15, -0.1) is 0 Å². The highest BCUT2D eigenvalue weighted by Gasteiger charge is 2.19. The number of furan rings is 1. The second-order valence-electron chi connectivity index (χ2n) is 8.77. The Bertz CT molecular complexity index is 1930. The Morgan fingerprint density at radius 3 is 1.38 bits per heavy atom. The van der Waals surface area contributed by atoms with Gasteiger partial charge in [0.15, 0.2) is 11.2 Å². The van der Waals surface area contributed by atoms with Crippen LogP contribution in [0.2, 0.25) is 0 Å². The molecule has 7 rings (SSSR count). The fourth-order valence-electron chi connectivity index (χ4n) is 4.80. The van der Waals surface area contributed by atoms with Gasteiger partial charge in [-0.1, -0.05) is 72.2 Å². The Hall–Kier alpha value is -5.38. The van der Waals surface area contributed by atoms with E-state index in [0.29, 0.717) is 0 Å². The zero-order valence-corrected chi connectivity index (χ0v) is 19.7. The summed E-state index contributed by atoms with van der Waals surface area (Å²) in [5.74, 6) is 13.3. The van der Waals surface area contributed by atoms with Gasteiger partial charge in [-0.05, 0) is 57.9 Å². The third kappa shape index (κ3) is 3.67. The lowest BCUT2D eigenvalue weighted by molar-refractivity contribution is 0.667. The monoisotopic (exact) mass is 470 g/mol. The molecule has 3 heterocycles. The summed E-state index contributed by atoms with van der Waals surface area (Å²) in [6.45, 7) is 0. The first kappa shape index (κ1) is 20.9. The maximum absolute atomic E-state index is 6.68. The molecule has 0 radical (unpaired) electrons. The van der Waals surface area contributed by atoms with Crippen molar-refractivity contribution < 1.29 is 4.42 Å². The normalized spacial score (nSPS) is 10.8. The molecule has 0 saturated carbocycles. The highest BCUT2D eigenvalue weighted by molar-refractivity contribution is 6.28. The Morgan fingerprint density at radius 1 is 0.486 bits per heavy atom. The van der Waals surface area contributed by atoms with Gasteiger partial charge in [0.25, 0.3) is 0 Å². The minimum atomic E-state index is 0.776. The number of pyridine rings is 2. The maximum Gasteiger partial charge on any atom is 0.151 e. The van der Waals surface area contributed by atoms with Crippen molar-refractivity contribution in [3.8, 4) is 23.7 Å². The standard InChI is InChI=1S/C34H18N2O/c1-3-7-29-25(5-1)21-27(11-9-23-13-17-35-18-14-23)33-31(29)32-30-8-4-2-6-26(30)22-28(34(32)37-33)12-10-24-15-19-36-20-16-24/h1-8,13-22H. The molecule has 4 aromatic carbocycles. The second-order valence-corrected chi connectivity index (χ2v) is 8.77. The average Bonchev–Trinajstić information content (AvgIpc) is 3.37. The molecule has 0 bridgehead atoms. The molecule has 0 atom stereocenters. The van der Waals surface area contributed by atoms with Crippen molar-refractivity contribution in [2.75, 3.05) is 0 Å². The first-order valence-electron chi connectivity index (χ1n) is 12.0. The van der Waals surface area contributed by atoms with Crippen LogP contribution in [0.5, 0.6) is 0 Å². The summed E-state index contributed by atoms with van der Waals surface area (Å²) in [7, 11) is 0. The topological polar surface area (TPSA) is 38.9 Å². The van der Waals surface area contributed by atoms with E-state index in [1.54, 1.807) is 24.8 Å². The summed E-state index contributed by atoms with van der Waals surface area (Å²) in [4.78, 5) is 8.19. The SMILES string of the molecule is C(#Cc1cc2ccccc2c2c1oc1c(C#Cc3ccncc3)cc3ccccc3c12)c1ccncc1. The van der Waals surface area contributed by atoms with Gasteiger partial charge in [0, 0.05) is 46.7 Å². The van der Waals surface area contributed by atoms with E-state index in [-0.39, 0.29) is 0 Å². The summed E-state index contributed by atoms with van der Waals surface area (Å²) in [5.41, 5.74) is 5.05. The number of nitrogens with zero attached hydrogens (tertiary/aromatic N) is 2. The molecule has 0 spiro atoms. The first-order valence-corrected chi connectivity index (χ1v) is 12.0. The van der Waals surface area contributed by atoms with Gasteiger partial charge in [-0.3, -0.25) is 9.97 Å². The van der Waals surface area contributed by atoms with Gasteiger partial charge < -0.3 is 4.42 Å². The molecule has 0 aliphatic heterocycles. The van der Waals surface area contributed by atoms with Crippen LogP contribution in [0.4, 0.5) is 0 Å². The number of hydrogen-bond donors (Lipinski definition) is 0. The summed E-state index contributed by atoms with van der Waals surface area (Å²) >= 11 is 0. The van der Waals surface area contributed by atoms with Crippen molar-refractivity contribution in [3.05, 3.63) is 132 Å². The predicted molar refractivity (Wildman–Crippen MR) is 149 cm³/mol. The molecule has 3 aromatic heterocycles. The molecule has 0 N–H and O–H groups in total. The van der Waals surface area contributed by atoms with Gasteiger partial charge in [0.2, 0.25) is 0 Å². The quantitative estimate of drug-likeness (QED) is 0.216. The number of rotatable bonds is 0. The lowest BCUT2D eigenvalue weighted by Gasteiger charge is -2.04. The van der Waals surface area contributed by atoms with E-state index in [4.69, 9.17) is 4.42 Å². The van der Waals surface area contributed by atoms with Crippen molar-refractivity contribution in [2.45, 2.75) is 0 Å². The molecule has 0 aliphatic carbocycles. The molecular weight excluding hydrogens is 452 g/mol. The molecule has 3 nitrogen and oxygen atoms in total. The minimum Gasteiger partial charge on any atom is -0.453 e. The van der Waals surface area contributed by atoms with Crippen molar-refractivity contribution in [3.63, 3.8) is 0 Å². The van der Waals surface area contributed by atoms with Crippen LogP contribution in [-0.2, 0) is 0 Å². The number of benzene rings is 4. The first-order chi connectivity index (χ1) is 18.3.